The number of nitrogens with zero attached hydrogens (tertiary/aromatic N) is 2. The van der Waals surface area contributed by atoms with Gasteiger partial charge in [-0.25, -0.2) is 4.99 Å². The first-order chi connectivity index (χ1) is 11.5. The number of aliphatic hydroxyl groups is 1. The molecule has 24 heavy (non-hydrogen) atoms. The van der Waals surface area contributed by atoms with E-state index in [0.717, 1.165) is 0 Å². The van der Waals surface area contributed by atoms with Crippen LogP contribution in [-0.2, 0) is 9.59 Å². The number of guanidine groups is 1. The van der Waals surface area contributed by atoms with E-state index in [1.54, 1.807) is 12.1 Å². The lowest BCUT2D eigenvalue weighted by Crippen LogP contribution is -2.47. The smallest absolute Gasteiger partial charge is 0.259 e. The van der Waals surface area contributed by atoms with Gasteiger partial charge in [0.2, 0.25) is 11.9 Å². The number of benzene rings is 1. The summed E-state index contributed by atoms with van der Waals surface area (Å²) in [4.78, 5) is 29.5. The van der Waals surface area contributed by atoms with Gasteiger partial charge in [-0.2, -0.15) is 0 Å². The van der Waals surface area contributed by atoms with Gasteiger partial charge >= 0.3 is 0 Å². The Balaban J connectivity index is 1.99. The molecular formula is C15H17ClN4O4. The first kappa shape index (κ1) is 16.5. The Morgan fingerprint density at radius 2 is 2.29 bits per heavy atom. The molecule has 2 unspecified atom stereocenters. The van der Waals surface area contributed by atoms with Gasteiger partial charge in [0.15, 0.2) is 6.04 Å². The number of carbonyl (C=O) groups excluding carboxylic acids is 2. The molecule has 0 saturated carbocycles. The average Bonchev–Trinajstić information content (AvgIpc) is 2.86. The molecule has 2 heterocycles. The Morgan fingerprint density at radius 3 is 2.96 bits per heavy atom. The van der Waals surface area contributed by atoms with Gasteiger partial charge in [-0.3, -0.25) is 14.9 Å². The predicted octanol–water partition coefficient (Wildman–Crippen LogP) is 0.449. The van der Waals surface area contributed by atoms with E-state index in [-0.39, 0.29) is 12.6 Å². The lowest BCUT2D eigenvalue weighted by Gasteiger charge is -2.33. The minimum Gasteiger partial charge on any atom is -0.492 e. The number of amides is 2. The van der Waals surface area contributed by atoms with Crippen molar-refractivity contribution < 1.29 is 19.4 Å². The second kappa shape index (κ2) is 6.29. The SMILES string of the molecule is CC1c2c(ccc(OCCCO)c2Cl)N=C2NC(=O)C(C(N)=O)N21. The molecule has 128 valence electrons. The van der Waals surface area contributed by atoms with Crippen LogP contribution in [0.25, 0.3) is 0 Å². The molecule has 1 aromatic carbocycles. The molecule has 0 aromatic heterocycles. The summed E-state index contributed by atoms with van der Waals surface area (Å²) < 4.78 is 5.57. The fraction of sp³-hybridized carbons (Fsp3) is 0.400. The van der Waals surface area contributed by atoms with Crippen LogP contribution in [0, 0.1) is 0 Å². The molecule has 8 nitrogen and oxygen atoms in total. The summed E-state index contributed by atoms with van der Waals surface area (Å²) in [6.45, 7) is 2.16. The molecule has 1 fully saturated rings. The summed E-state index contributed by atoms with van der Waals surface area (Å²) in [5.74, 6) is -0.506. The maximum Gasteiger partial charge on any atom is 0.259 e. The van der Waals surface area contributed by atoms with Crippen LogP contribution in [0.5, 0.6) is 5.75 Å². The van der Waals surface area contributed by atoms with E-state index in [9.17, 15) is 9.59 Å². The van der Waals surface area contributed by atoms with Gasteiger partial charge in [-0.1, -0.05) is 11.6 Å². The van der Waals surface area contributed by atoms with E-state index >= 15 is 0 Å². The average molecular weight is 353 g/mol. The van der Waals surface area contributed by atoms with Gasteiger partial charge in [-0.15, -0.1) is 0 Å². The summed E-state index contributed by atoms with van der Waals surface area (Å²) in [5, 5.41) is 11.8. The van der Waals surface area contributed by atoms with Crippen molar-refractivity contribution in [1.29, 1.82) is 0 Å². The van der Waals surface area contributed by atoms with Crippen LogP contribution in [0.3, 0.4) is 0 Å². The molecule has 1 saturated heterocycles. The molecule has 2 aliphatic heterocycles. The highest BCUT2D eigenvalue weighted by Crippen LogP contribution is 2.44. The number of aliphatic hydroxyl groups excluding tert-OH is 1. The van der Waals surface area contributed by atoms with Gasteiger partial charge in [0.05, 0.1) is 23.4 Å². The Kier molecular flexibility index (Phi) is 4.33. The highest BCUT2D eigenvalue weighted by atomic mass is 35.5. The van der Waals surface area contributed by atoms with E-state index in [0.29, 0.717) is 35.1 Å². The number of nitrogens with two attached hydrogens (primary N) is 1. The summed E-state index contributed by atoms with van der Waals surface area (Å²) >= 11 is 6.45. The minimum atomic E-state index is -1.12. The van der Waals surface area contributed by atoms with Gasteiger partial charge < -0.3 is 20.5 Å². The Bertz CT molecular complexity index is 736. The fourth-order valence-corrected chi connectivity index (χ4v) is 3.29. The van der Waals surface area contributed by atoms with Crippen molar-refractivity contribution in [1.82, 2.24) is 10.2 Å². The molecule has 2 aliphatic rings. The molecule has 2 atom stereocenters. The molecule has 0 bridgehead atoms. The zero-order valence-electron chi connectivity index (χ0n) is 13.0. The van der Waals surface area contributed by atoms with Crippen LogP contribution >= 0.6 is 11.6 Å². The Hall–Kier alpha value is -2.32. The van der Waals surface area contributed by atoms with E-state index < -0.39 is 23.9 Å². The van der Waals surface area contributed by atoms with E-state index in [4.69, 9.17) is 27.2 Å². The number of primary amides is 1. The van der Waals surface area contributed by atoms with Crippen LogP contribution in [0.2, 0.25) is 5.02 Å². The summed E-state index contributed by atoms with van der Waals surface area (Å²) in [7, 11) is 0. The van der Waals surface area contributed by atoms with Crippen molar-refractivity contribution in [3.05, 3.63) is 22.7 Å². The lowest BCUT2D eigenvalue weighted by molar-refractivity contribution is -0.131. The summed E-state index contributed by atoms with van der Waals surface area (Å²) in [6, 6.07) is 1.91. The number of rotatable bonds is 5. The zero-order chi connectivity index (χ0) is 17.4. The van der Waals surface area contributed by atoms with Crippen LogP contribution < -0.4 is 15.8 Å². The van der Waals surface area contributed by atoms with E-state index in [1.807, 2.05) is 6.92 Å². The van der Waals surface area contributed by atoms with Crippen LogP contribution in [0.4, 0.5) is 5.69 Å². The van der Waals surface area contributed by atoms with E-state index in [1.165, 1.54) is 4.90 Å². The lowest BCUT2D eigenvalue weighted by atomic mass is 10.0. The second-order valence-corrected chi connectivity index (χ2v) is 5.93. The number of ether oxygens (including phenoxy) is 1. The Morgan fingerprint density at radius 1 is 1.54 bits per heavy atom. The highest BCUT2D eigenvalue weighted by Gasteiger charge is 2.46. The number of nitrogens with one attached hydrogen (secondary N) is 1. The van der Waals surface area contributed by atoms with Crippen LogP contribution in [-0.4, -0.2) is 47.0 Å². The van der Waals surface area contributed by atoms with Crippen molar-refractivity contribution in [3.8, 4) is 5.75 Å². The molecule has 9 heteroatoms. The van der Waals surface area contributed by atoms with E-state index in [2.05, 4.69) is 10.3 Å². The topological polar surface area (TPSA) is 117 Å². The van der Waals surface area contributed by atoms with Crippen LogP contribution in [0.1, 0.15) is 24.9 Å². The predicted molar refractivity (Wildman–Crippen MR) is 87.1 cm³/mol. The second-order valence-electron chi connectivity index (χ2n) is 5.55. The molecule has 0 aliphatic carbocycles. The molecule has 1 aromatic rings. The van der Waals surface area contributed by atoms with Crippen LogP contribution in [0.15, 0.2) is 17.1 Å². The number of carbonyl (C=O) groups is 2. The first-order valence-electron chi connectivity index (χ1n) is 7.49. The van der Waals surface area contributed by atoms with Gasteiger partial charge in [0.1, 0.15) is 5.75 Å². The van der Waals surface area contributed by atoms with Gasteiger partial charge in [0, 0.05) is 18.6 Å². The molecule has 2 amide bonds. The third kappa shape index (κ3) is 2.57. The molecule has 4 N–H and O–H groups in total. The van der Waals surface area contributed by atoms with Crippen molar-refractivity contribution in [2.75, 3.05) is 13.2 Å². The third-order valence-corrected chi connectivity index (χ3v) is 4.41. The summed E-state index contributed by atoms with van der Waals surface area (Å²) in [6.07, 6.45) is 0.486. The van der Waals surface area contributed by atoms with Gasteiger partial charge in [-0.05, 0) is 19.1 Å². The Labute approximate surface area is 143 Å². The van der Waals surface area contributed by atoms with Crippen molar-refractivity contribution in [2.45, 2.75) is 25.4 Å². The molecule has 3 rings (SSSR count). The minimum absolute atomic E-state index is 0.0223. The normalized spacial score (nSPS) is 21.7. The highest BCUT2D eigenvalue weighted by molar-refractivity contribution is 6.33. The maximum atomic E-state index is 12.0. The molecule has 0 radical (unpaired) electrons. The number of aliphatic imine (C=N–C) groups is 1. The molecular weight excluding hydrogens is 336 g/mol. The third-order valence-electron chi connectivity index (χ3n) is 4.02. The molecule has 0 spiro atoms. The zero-order valence-corrected chi connectivity index (χ0v) is 13.7. The van der Waals surface area contributed by atoms with Crippen molar-refractivity contribution >= 4 is 35.1 Å². The van der Waals surface area contributed by atoms with Crippen molar-refractivity contribution in [2.24, 2.45) is 10.7 Å². The maximum absolute atomic E-state index is 12.0. The number of hydrogen-bond acceptors (Lipinski definition) is 6. The summed E-state index contributed by atoms with van der Waals surface area (Å²) in [5.41, 5.74) is 6.60. The van der Waals surface area contributed by atoms with Crippen molar-refractivity contribution in [3.63, 3.8) is 0 Å². The number of hydrogen-bond donors (Lipinski definition) is 3. The standard InChI is InChI=1S/C15H17ClN4O4/c1-7-10-8(3-4-9(11(10)16)24-6-2-5-21)18-15-19-14(23)12(13(17)22)20(7)15/h3-4,7,12,21H,2,5-6H2,1H3,(H2,17,22)(H,18,19,23). The number of fused-ring (bicyclic) bond motifs is 2. The first-order valence-corrected chi connectivity index (χ1v) is 7.86. The number of halogens is 1. The quantitative estimate of drug-likeness (QED) is 0.525. The largest absolute Gasteiger partial charge is 0.492 e. The fourth-order valence-electron chi connectivity index (χ4n) is 2.92. The van der Waals surface area contributed by atoms with Gasteiger partial charge in [0.25, 0.3) is 5.91 Å². The monoisotopic (exact) mass is 352 g/mol.